The van der Waals surface area contributed by atoms with Crippen LogP contribution in [0.25, 0.3) is 22.2 Å². The molecule has 0 saturated heterocycles. The van der Waals surface area contributed by atoms with Gasteiger partial charge in [0.25, 0.3) is 0 Å². The molecule has 1 amide bonds. The Bertz CT molecular complexity index is 924. The molecule has 1 aliphatic rings. The van der Waals surface area contributed by atoms with Crippen molar-refractivity contribution in [2.45, 2.75) is 31.8 Å². The van der Waals surface area contributed by atoms with Crippen molar-refractivity contribution in [2.24, 2.45) is 5.92 Å². The van der Waals surface area contributed by atoms with Gasteiger partial charge >= 0.3 is 0 Å². The van der Waals surface area contributed by atoms with Gasteiger partial charge < -0.3 is 15.0 Å². The van der Waals surface area contributed by atoms with Crippen LogP contribution < -0.4 is 5.32 Å². The van der Waals surface area contributed by atoms with Crippen molar-refractivity contribution in [1.29, 1.82) is 0 Å². The van der Waals surface area contributed by atoms with E-state index < -0.39 is 5.54 Å². The van der Waals surface area contributed by atoms with E-state index in [0.29, 0.717) is 5.92 Å². The number of aromatic nitrogens is 1. The molecule has 0 bridgehead atoms. The number of amides is 1. The lowest BCUT2D eigenvalue weighted by Crippen LogP contribution is -2.59. The molecule has 1 fully saturated rings. The minimum Gasteiger partial charge on any atom is -0.394 e. The van der Waals surface area contributed by atoms with Gasteiger partial charge in [-0.1, -0.05) is 55.5 Å². The summed E-state index contributed by atoms with van der Waals surface area (Å²) in [5, 5.41) is 13.9. The van der Waals surface area contributed by atoms with Gasteiger partial charge in [0.1, 0.15) is 6.54 Å². The van der Waals surface area contributed by atoms with E-state index in [1.807, 2.05) is 36.4 Å². The summed E-state index contributed by atoms with van der Waals surface area (Å²) in [6.45, 7) is 2.39. The summed E-state index contributed by atoms with van der Waals surface area (Å²) in [5.41, 5.74) is 2.72. The van der Waals surface area contributed by atoms with E-state index in [4.69, 9.17) is 0 Å². The summed E-state index contributed by atoms with van der Waals surface area (Å²) in [6, 6.07) is 20.4. The summed E-state index contributed by atoms with van der Waals surface area (Å²) >= 11 is 0. The van der Waals surface area contributed by atoms with E-state index in [1.165, 1.54) is 0 Å². The van der Waals surface area contributed by atoms with Crippen molar-refractivity contribution < 1.29 is 9.90 Å². The van der Waals surface area contributed by atoms with Crippen molar-refractivity contribution in [3.63, 3.8) is 0 Å². The fraction of sp³-hybridized carbons (Fsp3) is 0.318. The minimum absolute atomic E-state index is 0.00104. The highest BCUT2D eigenvalue weighted by Gasteiger charge is 2.42. The molecule has 26 heavy (non-hydrogen) atoms. The topological polar surface area (TPSA) is 54.3 Å². The molecule has 0 radical (unpaired) electrons. The van der Waals surface area contributed by atoms with Crippen molar-refractivity contribution >= 4 is 16.8 Å². The number of nitrogens with one attached hydrogen (secondary N) is 1. The molecule has 2 N–H and O–H groups in total. The molecular formula is C22H24N2O2. The maximum atomic E-state index is 12.8. The standard InChI is InChI=1S/C22H24N2O2/c1-16-12-22(13-16,15-25)23-21(26)14-24-19-10-6-5-9-18(19)11-20(24)17-7-3-2-4-8-17/h2-11,16,25H,12-15H2,1H3,(H,23,26). The number of nitrogens with zero attached hydrogens (tertiary/aromatic N) is 1. The maximum Gasteiger partial charge on any atom is 0.240 e. The second-order valence-electron chi connectivity index (χ2n) is 7.54. The number of rotatable bonds is 5. The third-order valence-corrected chi connectivity index (χ3v) is 5.37. The number of para-hydroxylation sites is 1. The van der Waals surface area contributed by atoms with E-state index >= 15 is 0 Å². The zero-order valence-corrected chi connectivity index (χ0v) is 15.0. The van der Waals surface area contributed by atoms with Gasteiger partial charge in [0.2, 0.25) is 5.91 Å². The van der Waals surface area contributed by atoms with Crippen molar-refractivity contribution in [3.8, 4) is 11.3 Å². The van der Waals surface area contributed by atoms with Gasteiger partial charge in [-0.3, -0.25) is 4.79 Å². The smallest absolute Gasteiger partial charge is 0.240 e. The number of fused-ring (bicyclic) bond motifs is 1. The van der Waals surface area contributed by atoms with Crippen molar-refractivity contribution in [1.82, 2.24) is 9.88 Å². The Morgan fingerprint density at radius 1 is 1.15 bits per heavy atom. The number of hydrogen-bond donors (Lipinski definition) is 2. The highest BCUT2D eigenvalue weighted by atomic mass is 16.3. The molecule has 4 rings (SSSR count). The lowest BCUT2D eigenvalue weighted by Gasteiger charge is -2.45. The predicted octanol–water partition coefficient (Wildman–Crippen LogP) is 3.59. The number of carbonyl (C=O) groups excluding carboxylic acids is 1. The van der Waals surface area contributed by atoms with Crippen LogP contribution >= 0.6 is 0 Å². The van der Waals surface area contributed by atoms with E-state index in [-0.39, 0.29) is 19.1 Å². The van der Waals surface area contributed by atoms with Crippen molar-refractivity contribution in [2.75, 3.05) is 6.61 Å². The minimum atomic E-state index is -0.438. The third kappa shape index (κ3) is 3.01. The fourth-order valence-corrected chi connectivity index (χ4v) is 4.25. The molecule has 1 heterocycles. The van der Waals surface area contributed by atoms with Gasteiger partial charge in [-0.15, -0.1) is 0 Å². The normalized spacial score (nSPS) is 22.2. The summed E-state index contributed by atoms with van der Waals surface area (Å²) in [7, 11) is 0. The fourth-order valence-electron chi connectivity index (χ4n) is 4.25. The summed E-state index contributed by atoms with van der Waals surface area (Å²) in [4.78, 5) is 12.8. The zero-order valence-electron chi connectivity index (χ0n) is 15.0. The van der Waals surface area contributed by atoms with Crippen LogP contribution in [0.2, 0.25) is 0 Å². The van der Waals surface area contributed by atoms with E-state index in [2.05, 4.69) is 41.1 Å². The monoisotopic (exact) mass is 348 g/mol. The van der Waals surface area contributed by atoms with Crippen LogP contribution in [0.3, 0.4) is 0 Å². The molecule has 0 unspecified atom stereocenters. The lowest BCUT2D eigenvalue weighted by atomic mass is 9.69. The zero-order chi connectivity index (χ0) is 18.1. The Hall–Kier alpha value is -2.59. The van der Waals surface area contributed by atoms with Gasteiger partial charge in [0.05, 0.1) is 12.1 Å². The Morgan fingerprint density at radius 3 is 2.54 bits per heavy atom. The van der Waals surface area contributed by atoms with Crippen LogP contribution in [-0.2, 0) is 11.3 Å². The van der Waals surface area contributed by atoms with Crippen LogP contribution in [-0.4, -0.2) is 27.7 Å². The van der Waals surface area contributed by atoms with Gasteiger partial charge in [-0.2, -0.15) is 0 Å². The van der Waals surface area contributed by atoms with E-state index in [1.54, 1.807) is 0 Å². The second kappa shape index (κ2) is 6.61. The molecule has 0 atom stereocenters. The molecule has 134 valence electrons. The Labute approximate surface area is 153 Å². The van der Waals surface area contributed by atoms with Crippen LogP contribution in [0.4, 0.5) is 0 Å². The number of hydrogen-bond acceptors (Lipinski definition) is 2. The van der Waals surface area contributed by atoms with E-state index in [9.17, 15) is 9.90 Å². The van der Waals surface area contributed by atoms with Gasteiger partial charge in [0, 0.05) is 16.6 Å². The molecule has 1 aliphatic carbocycles. The summed E-state index contributed by atoms with van der Waals surface area (Å²) in [5.74, 6) is 0.499. The number of benzene rings is 2. The Balaban J connectivity index is 1.66. The van der Waals surface area contributed by atoms with Gasteiger partial charge in [-0.25, -0.2) is 0 Å². The summed E-state index contributed by atoms with van der Waals surface area (Å²) in [6.07, 6.45) is 1.68. The average Bonchev–Trinajstić information content (AvgIpc) is 2.99. The largest absolute Gasteiger partial charge is 0.394 e. The van der Waals surface area contributed by atoms with Crippen LogP contribution in [0.1, 0.15) is 19.8 Å². The molecule has 4 heteroatoms. The molecule has 0 aliphatic heterocycles. The van der Waals surface area contributed by atoms with Gasteiger partial charge in [0.15, 0.2) is 0 Å². The molecule has 1 saturated carbocycles. The number of aliphatic hydroxyl groups is 1. The average molecular weight is 348 g/mol. The first kappa shape index (κ1) is 16.9. The molecule has 3 aromatic rings. The summed E-state index contributed by atoms with van der Waals surface area (Å²) < 4.78 is 2.06. The SMILES string of the molecule is CC1CC(CO)(NC(=O)Cn2c(-c3ccccc3)cc3ccccc32)C1. The molecule has 0 spiro atoms. The highest BCUT2D eigenvalue weighted by molar-refractivity contribution is 5.89. The Kier molecular flexibility index (Phi) is 4.29. The highest BCUT2D eigenvalue weighted by Crippen LogP contribution is 2.37. The van der Waals surface area contributed by atoms with Crippen LogP contribution in [0, 0.1) is 5.92 Å². The van der Waals surface area contributed by atoms with E-state index in [0.717, 1.165) is 35.0 Å². The first-order valence-electron chi connectivity index (χ1n) is 9.16. The maximum absolute atomic E-state index is 12.8. The van der Waals surface area contributed by atoms with Gasteiger partial charge in [-0.05, 0) is 36.5 Å². The first-order chi connectivity index (χ1) is 12.6. The molecular weight excluding hydrogens is 324 g/mol. The number of aliphatic hydroxyl groups excluding tert-OH is 1. The molecule has 2 aromatic carbocycles. The van der Waals surface area contributed by atoms with Crippen LogP contribution in [0.15, 0.2) is 60.7 Å². The predicted molar refractivity (Wildman–Crippen MR) is 104 cm³/mol. The third-order valence-electron chi connectivity index (χ3n) is 5.37. The molecule has 1 aromatic heterocycles. The quantitative estimate of drug-likeness (QED) is 0.740. The first-order valence-corrected chi connectivity index (χ1v) is 9.16. The van der Waals surface area contributed by atoms with Crippen molar-refractivity contribution in [3.05, 3.63) is 60.7 Å². The second-order valence-corrected chi connectivity index (χ2v) is 7.54. The Morgan fingerprint density at radius 2 is 1.85 bits per heavy atom. The number of carbonyl (C=O) groups is 1. The molecule has 4 nitrogen and oxygen atoms in total. The lowest BCUT2D eigenvalue weighted by molar-refractivity contribution is -0.126. The van der Waals surface area contributed by atoms with Crippen LogP contribution in [0.5, 0.6) is 0 Å².